The van der Waals surface area contributed by atoms with Crippen LogP contribution >= 0.6 is 11.3 Å². The summed E-state index contributed by atoms with van der Waals surface area (Å²) >= 11 is 1.58. The smallest absolute Gasteiger partial charge is 0.294 e. The maximum absolute atomic E-state index is 13.0. The summed E-state index contributed by atoms with van der Waals surface area (Å²) in [6, 6.07) is 20.6. The molecule has 4 rings (SSSR count). The Balaban J connectivity index is 1.56. The van der Waals surface area contributed by atoms with E-state index in [2.05, 4.69) is 5.32 Å². The van der Waals surface area contributed by atoms with Crippen LogP contribution in [0.5, 0.6) is 5.75 Å². The molecule has 0 unspecified atom stereocenters. The van der Waals surface area contributed by atoms with Crippen LogP contribution in [0.1, 0.15) is 10.4 Å². The lowest BCUT2D eigenvalue weighted by atomic mass is 10.1. The molecule has 0 atom stereocenters. The quantitative estimate of drug-likeness (QED) is 0.674. The van der Waals surface area contributed by atoms with Crippen molar-refractivity contribution in [2.24, 2.45) is 0 Å². The molecule has 140 valence electrons. The van der Waals surface area contributed by atoms with Crippen LogP contribution in [-0.2, 0) is 16.1 Å². The summed E-state index contributed by atoms with van der Waals surface area (Å²) in [7, 11) is 0. The Labute approximate surface area is 166 Å². The first-order valence-corrected chi connectivity index (χ1v) is 9.73. The van der Waals surface area contributed by atoms with Gasteiger partial charge in [0.15, 0.2) is 11.5 Å². The van der Waals surface area contributed by atoms with Crippen LogP contribution in [-0.4, -0.2) is 18.4 Å². The summed E-state index contributed by atoms with van der Waals surface area (Å²) in [5, 5.41) is 4.83. The van der Waals surface area contributed by atoms with Gasteiger partial charge in [-0.2, -0.15) is 0 Å². The van der Waals surface area contributed by atoms with Crippen LogP contribution in [0.2, 0.25) is 0 Å². The van der Waals surface area contributed by atoms with Crippen molar-refractivity contribution in [3.05, 3.63) is 88.3 Å². The number of hydrogen-bond acceptors (Lipinski definition) is 4. The molecule has 0 radical (unpaired) electrons. The van der Waals surface area contributed by atoms with E-state index in [-0.39, 0.29) is 24.1 Å². The van der Waals surface area contributed by atoms with Crippen molar-refractivity contribution in [1.82, 2.24) is 5.32 Å². The van der Waals surface area contributed by atoms with E-state index in [1.807, 2.05) is 60.0 Å². The third kappa shape index (κ3) is 3.97. The Bertz CT molecular complexity index is 1010. The van der Waals surface area contributed by atoms with Gasteiger partial charge in [-0.25, -0.2) is 0 Å². The number of fused-ring (bicyclic) bond motifs is 1. The molecule has 6 heteroatoms. The number of hydrogen-bond donors (Lipinski definition) is 1. The van der Waals surface area contributed by atoms with Crippen molar-refractivity contribution in [3.63, 3.8) is 0 Å². The van der Waals surface area contributed by atoms with E-state index in [1.165, 1.54) is 4.90 Å². The fraction of sp³-hybridized carbons (Fsp3) is 0.0909. The van der Waals surface area contributed by atoms with Gasteiger partial charge in [-0.05, 0) is 35.2 Å². The second kappa shape index (κ2) is 8.10. The number of carbonyl (C=O) groups is 2. The molecule has 28 heavy (non-hydrogen) atoms. The largest absolute Gasteiger partial charge is 0.449 e. The third-order valence-corrected chi connectivity index (χ3v) is 5.15. The minimum Gasteiger partial charge on any atom is -0.449 e. The molecule has 0 spiro atoms. The van der Waals surface area contributed by atoms with Gasteiger partial charge in [0.1, 0.15) is 6.54 Å². The van der Waals surface area contributed by atoms with Crippen molar-refractivity contribution in [2.75, 3.05) is 11.4 Å². The second-order valence-corrected chi connectivity index (χ2v) is 7.27. The van der Waals surface area contributed by atoms with E-state index in [4.69, 9.17) is 4.74 Å². The minimum atomic E-state index is -0.339. The Morgan fingerprint density at radius 3 is 2.61 bits per heavy atom. The van der Waals surface area contributed by atoms with Gasteiger partial charge in [-0.1, -0.05) is 48.5 Å². The number of nitrogens with one attached hydrogen (secondary N) is 1. The van der Waals surface area contributed by atoms with E-state index in [1.54, 1.807) is 29.5 Å². The van der Waals surface area contributed by atoms with Crippen LogP contribution in [0, 0.1) is 0 Å². The number of benzene rings is 2. The van der Waals surface area contributed by atoms with Gasteiger partial charge in [0.2, 0.25) is 5.91 Å². The SMILES string of the molecule is O=C(CN1C(=O)/C(=C\c2ccccc2)Oc2ccccc21)NCc1cccs1. The van der Waals surface area contributed by atoms with Gasteiger partial charge in [0, 0.05) is 4.88 Å². The summed E-state index contributed by atoms with van der Waals surface area (Å²) in [6.07, 6.45) is 1.69. The zero-order valence-corrected chi connectivity index (χ0v) is 15.8. The highest BCUT2D eigenvalue weighted by atomic mass is 32.1. The maximum Gasteiger partial charge on any atom is 0.294 e. The standard InChI is InChI=1S/C22H18N2O3S/c25-21(23-14-17-9-6-12-28-17)15-24-18-10-4-5-11-19(18)27-20(22(24)26)13-16-7-2-1-3-8-16/h1-13H,14-15H2,(H,23,25)/b20-13+. The molecular formula is C22H18N2O3S. The lowest BCUT2D eigenvalue weighted by Gasteiger charge is -2.30. The van der Waals surface area contributed by atoms with Gasteiger partial charge in [0.25, 0.3) is 5.91 Å². The highest BCUT2D eigenvalue weighted by molar-refractivity contribution is 7.09. The molecular weight excluding hydrogens is 372 g/mol. The predicted molar refractivity (Wildman–Crippen MR) is 110 cm³/mol. The molecule has 1 N–H and O–H groups in total. The Morgan fingerprint density at radius 1 is 1.04 bits per heavy atom. The molecule has 1 aliphatic heterocycles. The molecule has 0 saturated heterocycles. The monoisotopic (exact) mass is 390 g/mol. The number of carbonyl (C=O) groups excluding carboxylic acids is 2. The molecule has 5 nitrogen and oxygen atoms in total. The van der Waals surface area contributed by atoms with Gasteiger partial charge >= 0.3 is 0 Å². The molecule has 2 amide bonds. The van der Waals surface area contributed by atoms with Crippen molar-refractivity contribution in [2.45, 2.75) is 6.54 Å². The summed E-state index contributed by atoms with van der Waals surface area (Å²) in [4.78, 5) is 28.0. The zero-order chi connectivity index (χ0) is 19.3. The second-order valence-electron chi connectivity index (χ2n) is 6.24. The van der Waals surface area contributed by atoms with E-state index >= 15 is 0 Å². The average Bonchev–Trinajstić information content (AvgIpc) is 3.24. The lowest BCUT2D eigenvalue weighted by molar-refractivity contribution is -0.123. The highest BCUT2D eigenvalue weighted by Gasteiger charge is 2.31. The number of ether oxygens (including phenoxy) is 1. The molecule has 1 aromatic heterocycles. The van der Waals surface area contributed by atoms with Crippen molar-refractivity contribution >= 4 is 34.9 Å². The summed E-state index contributed by atoms with van der Waals surface area (Å²) in [6.45, 7) is 0.375. The average molecular weight is 390 g/mol. The van der Waals surface area contributed by atoms with Crippen LogP contribution in [0.3, 0.4) is 0 Å². The Kier molecular flexibility index (Phi) is 5.21. The molecule has 3 aromatic rings. The van der Waals surface area contributed by atoms with E-state index in [9.17, 15) is 9.59 Å². The number of para-hydroxylation sites is 2. The summed E-state index contributed by atoms with van der Waals surface area (Å²) in [5.74, 6) is 0.178. The van der Waals surface area contributed by atoms with Crippen molar-refractivity contribution in [3.8, 4) is 5.75 Å². The first-order chi connectivity index (χ1) is 13.7. The fourth-order valence-corrected chi connectivity index (χ4v) is 3.56. The summed E-state index contributed by atoms with van der Waals surface area (Å²) in [5.41, 5.74) is 1.44. The van der Waals surface area contributed by atoms with Crippen molar-refractivity contribution in [1.29, 1.82) is 0 Å². The molecule has 0 aliphatic carbocycles. The molecule has 0 bridgehead atoms. The van der Waals surface area contributed by atoms with Crippen LogP contribution in [0.25, 0.3) is 6.08 Å². The fourth-order valence-electron chi connectivity index (χ4n) is 2.92. The normalized spacial score (nSPS) is 14.5. The minimum absolute atomic E-state index is 0.0727. The van der Waals surface area contributed by atoms with E-state index < -0.39 is 0 Å². The van der Waals surface area contributed by atoms with Gasteiger partial charge < -0.3 is 10.1 Å². The molecule has 0 saturated carbocycles. The van der Waals surface area contributed by atoms with Crippen molar-refractivity contribution < 1.29 is 14.3 Å². The first kappa shape index (κ1) is 18.0. The predicted octanol–water partition coefficient (Wildman–Crippen LogP) is 3.83. The Morgan fingerprint density at radius 2 is 1.82 bits per heavy atom. The number of rotatable bonds is 5. The molecule has 1 aliphatic rings. The zero-order valence-electron chi connectivity index (χ0n) is 15.0. The van der Waals surface area contributed by atoms with E-state index in [0.717, 1.165) is 10.4 Å². The highest BCUT2D eigenvalue weighted by Crippen LogP contribution is 2.35. The maximum atomic E-state index is 13.0. The van der Waals surface area contributed by atoms with E-state index in [0.29, 0.717) is 18.0 Å². The number of thiophene rings is 1. The van der Waals surface area contributed by atoms with Gasteiger partial charge in [-0.3, -0.25) is 14.5 Å². The first-order valence-electron chi connectivity index (χ1n) is 8.85. The lowest BCUT2D eigenvalue weighted by Crippen LogP contribution is -2.44. The van der Waals surface area contributed by atoms with Crippen LogP contribution < -0.4 is 15.0 Å². The van der Waals surface area contributed by atoms with Gasteiger partial charge in [0.05, 0.1) is 12.2 Å². The molecule has 2 heterocycles. The van der Waals surface area contributed by atoms with Crippen LogP contribution in [0.15, 0.2) is 77.9 Å². The Hall–Kier alpha value is -3.38. The summed E-state index contributed by atoms with van der Waals surface area (Å²) < 4.78 is 5.82. The number of amides is 2. The number of anilines is 1. The van der Waals surface area contributed by atoms with Gasteiger partial charge in [-0.15, -0.1) is 11.3 Å². The topological polar surface area (TPSA) is 58.6 Å². The molecule has 0 fully saturated rings. The number of nitrogens with zero attached hydrogens (tertiary/aromatic N) is 1. The van der Waals surface area contributed by atoms with Crippen LogP contribution in [0.4, 0.5) is 5.69 Å². The molecule has 2 aromatic carbocycles. The third-order valence-electron chi connectivity index (χ3n) is 4.27.